The van der Waals surface area contributed by atoms with E-state index in [4.69, 9.17) is 4.74 Å². The Bertz CT molecular complexity index is 813. The zero-order valence-corrected chi connectivity index (χ0v) is 17.1. The second-order valence-corrected chi connectivity index (χ2v) is 8.52. The van der Waals surface area contributed by atoms with Gasteiger partial charge in [0.1, 0.15) is 11.5 Å². The highest BCUT2D eigenvalue weighted by Gasteiger charge is 2.41. The number of aromatic hydroxyl groups is 1. The van der Waals surface area contributed by atoms with Crippen molar-refractivity contribution in [1.82, 2.24) is 0 Å². The molecule has 0 bridgehead atoms. The van der Waals surface area contributed by atoms with Crippen molar-refractivity contribution in [3.05, 3.63) is 57.6 Å². The molecule has 3 rings (SSSR count). The minimum absolute atomic E-state index is 0.130. The molecule has 0 radical (unpaired) electrons. The Morgan fingerprint density at radius 1 is 0.885 bits per heavy atom. The van der Waals surface area contributed by atoms with Gasteiger partial charge in [0.05, 0.1) is 7.11 Å². The number of ether oxygens (including phenoxy) is 1. The fraction of sp³-hybridized carbons (Fsp3) is 0.500. The van der Waals surface area contributed by atoms with E-state index in [0.29, 0.717) is 5.75 Å². The summed E-state index contributed by atoms with van der Waals surface area (Å²) in [5.74, 6) is 1.54. The van der Waals surface area contributed by atoms with Crippen molar-refractivity contribution in [1.29, 1.82) is 0 Å². The molecule has 0 spiro atoms. The highest BCUT2D eigenvalue weighted by Crippen LogP contribution is 2.55. The maximum atomic E-state index is 11.0. The summed E-state index contributed by atoms with van der Waals surface area (Å²) in [6.45, 7) is 10.8. The summed E-state index contributed by atoms with van der Waals surface area (Å²) in [7, 11) is 1.76. The van der Waals surface area contributed by atoms with E-state index in [1.807, 2.05) is 6.92 Å². The van der Waals surface area contributed by atoms with Gasteiger partial charge in [0.25, 0.3) is 0 Å². The monoisotopic (exact) mass is 352 g/mol. The number of aryl methyl sites for hydroxylation is 4. The first-order valence-electron chi connectivity index (χ1n) is 9.72. The van der Waals surface area contributed by atoms with Crippen LogP contribution in [0.3, 0.4) is 0 Å². The summed E-state index contributed by atoms with van der Waals surface area (Å²) in [6.07, 6.45) is 4.87. The Labute approximate surface area is 158 Å². The van der Waals surface area contributed by atoms with Gasteiger partial charge in [-0.05, 0) is 57.1 Å². The maximum absolute atomic E-state index is 11.0. The molecule has 1 unspecified atom stereocenters. The topological polar surface area (TPSA) is 29.5 Å². The van der Waals surface area contributed by atoms with Gasteiger partial charge in [-0.15, -0.1) is 0 Å². The Kier molecular flexibility index (Phi) is 5.05. The van der Waals surface area contributed by atoms with Crippen LogP contribution in [0.4, 0.5) is 0 Å². The van der Waals surface area contributed by atoms with Crippen LogP contribution in [0.25, 0.3) is 0 Å². The van der Waals surface area contributed by atoms with Gasteiger partial charge in [0.2, 0.25) is 0 Å². The SMILES string of the molecule is COc1c(C)cc(C)cc1C(c1cc(C)cc(C)c1O)C1(C)CCCC1. The Morgan fingerprint density at radius 3 is 2.00 bits per heavy atom. The van der Waals surface area contributed by atoms with E-state index in [9.17, 15) is 5.11 Å². The molecule has 0 aliphatic heterocycles. The summed E-state index contributed by atoms with van der Waals surface area (Å²) < 4.78 is 5.86. The lowest BCUT2D eigenvalue weighted by molar-refractivity contribution is 0.278. The van der Waals surface area contributed by atoms with Crippen molar-refractivity contribution >= 4 is 0 Å². The normalized spacial score (nSPS) is 17.3. The molecular weight excluding hydrogens is 320 g/mol. The summed E-state index contributed by atoms with van der Waals surface area (Å²) in [5.41, 5.74) is 6.96. The fourth-order valence-electron chi connectivity index (χ4n) is 5.08. The molecule has 1 saturated carbocycles. The van der Waals surface area contributed by atoms with E-state index in [0.717, 1.165) is 22.4 Å². The summed E-state index contributed by atoms with van der Waals surface area (Å²) in [5, 5.41) is 11.0. The highest BCUT2D eigenvalue weighted by molar-refractivity contribution is 5.55. The third kappa shape index (κ3) is 3.22. The molecule has 0 saturated heterocycles. The number of phenols is 1. The van der Waals surface area contributed by atoms with Crippen molar-refractivity contribution in [2.75, 3.05) is 7.11 Å². The van der Waals surface area contributed by atoms with Gasteiger partial charge >= 0.3 is 0 Å². The highest BCUT2D eigenvalue weighted by atomic mass is 16.5. The van der Waals surface area contributed by atoms with Gasteiger partial charge in [-0.3, -0.25) is 0 Å². The summed E-state index contributed by atoms with van der Waals surface area (Å²) >= 11 is 0. The molecule has 1 aliphatic rings. The van der Waals surface area contributed by atoms with Crippen molar-refractivity contribution in [2.24, 2.45) is 5.41 Å². The predicted octanol–water partition coefficient (Wildman–Crippen LogP) is 6.35. The standard InChI is InChI=1S/C24H32O2/c1-15-11-17(3)22(25)19(13-15)21(24(5)9-7-8-10-24)20-14-16(2)12-18(4)23(20)26-6/h11-14,21,25H,7-10H2,1-6H3. The Morgan fingerprint density at radius 2 is 1.42 bits per heavy atom. The number of benzene rings is 2. The van der Waals surface area contributed by atoms with Crippen LogP contribution in [0, 0.1) is 33.1 Å². The van der Waals surface area contributed by atoms with Gasteiger partial charge in [-0.25, -0.2) is 0 Å². The first kappa shape index (κ1) is 18.8. The molecule has 2 aromatic rings. The van der Waals surface area contributed by atoms with Crippen LogP contribution in [0.15, 0.2) is 24.3 Å². The average molecular weight is 353 g/mol. The maximum Gasteiger partial charge on any atom is 0.125 e. The van der Waals surface area contributed by atoms with E-state index in [1.54, 1.807) is 7.11 Å². The van der Waals surface area contributed by atoms with Crippen molar-refractivity contribution in [3.63, 3.8) is 0 Å². The third-order valence-electron chi connectivity index (χ3n) is 6.19. The molecule has 1 atom stereocenters. The lowest BCUT2D eigenvalue weighted by Gasteiger charge is -2.37. The lowest BCUT2D eigenvalue weighted by atomic mass is 9.67. The summed E-state index contributed by atoms with van der Waals surface area (Å²) in [6, 6.07) is 8.67. The van der Waals surface area contributed by atoms with Crippen LogP contribution in [0.5, 0.6) is 11.5 Å². The zero-order chi connectivity index (χ0) is 19.1. The molecule has 26 heavy (non-hydrogen) atoms. The van der Waals surface area contributed by atoms with E-state index in [2.05, 4.69) is 52.0 Å². The lowest BCUT2D eigenvalue weighted by Crippen LogP contribution is -2.24. The van der Waals surface area contributed by atoms with E-state index in [-0.39, 0.29) is 11.3 Å². The van der Waals surface area contributed by atoms with Crippen molar-refractivity contribution < 1.29 is 9.84 Å². The minimum Gasteiger partial charge on any atom is -0.507 e. The van der Waals surface area contributed by atoms with Gasteiger partial charge in [-0.2, -0.15) is 0 Å². The number of phenolic OH excluding ortho intramolecular Hbond substituents is 1. The first-order chi connectivity index (χ1) is 12.3. The molecule has 1 fully saturated rings. The molecule has 0 amide bonds. The van der Waals surface area contributed by atoms with Crippen LogP contribution in [-0.2, 0) is 0 Å². The molecule has 2 aromatic carbocycles. The molecule has 140 valence electrons. The predicted molar refractivity (Wildman–Crippen MR) is 108 cm³/mol. The van der Waals surface area contributed by atoms with Gasteiger partial charge in [-0.1, -0.05) is 55.2 Å². The largest absolute Gasteiger partial charge is 0.507 e. The zero-order valence-electron chi connectivity index (χ0n) is 17.1. The second kappa shape index (κ2) is 6.98. The first-order valence-corrected chi connectivity index (χ1v) is 9.72. The van der Waals surface area contributed by atoms with E-state index >= 15 is 0 Å². The quantitative estimate of drug-likeness (QED) is 0.695. The van der Waals surface area contributed by atoms with Crippen LogP contribution in [0.2, 0.25) is 0 Å². The smallest absolute Gasteiger partial charge is 0.125 e. The van der Waals surface area contributed by atoms with Crippen molar-refractivity contribution in [2.45, 2.75) is 66.2 Å². The Balaban J connectivity index is 2.31. The van der Waals surface area contributed by atoms with Crippen LogP contribution < -0.4 is 4.74 Å². The third-order valence-corrected chi connectivity index (χ3v) is 6.19. The molecule has 0 aromatic heterocycles. The second-order valence-electron chi connectivity index (χ2n) is 8.52. The average Bonchev–Trinajstić information content (AvgIpc) is 2.99. The van der Waals surface area contributed by atoms with E-state index in [1.165, 1.54) is 42.4 Å². The summed E-state index contributed by atoms with van der Waals surface area (Å²) in [4.78, 5) is 0. The van der Waals surface area contributed by atoms with Gasteiger partial charge < -0.3 is 9.84 Å². The van der Waals surface area contributed by atoms with Crippen LogP contribution >= 0.6 is 0 Å². The Hall–Kier alpha value is -1.96. The van der Waals surface area contributed by atoms with E-state index < -0.39 is 0 Å². The minimum atomic E-state index is 0.130. The molecule has 1 N–H and O–H groups in total. The van der Waals surface area contributed by atoms with Gasteiger partial charge in [0.15, 0.2) is 0 Å². The van der Waals surface area contributed by atoms with Gasteiger partial charge in [0, 0.05) is 17.0 Å². The van der Waals surface area contributed by atoms with Crippen molar-refractivity contribution in [3.8, 4) is 11.5 Å². The van der Waals surface area contributed by atoms with Crippen LogP contribution in [0.1, 0.15) is 71.9 Å². The number of methoxy groups -OCH3 is 1. The number of hydrogen-bond acceptors (Lipinski definition) is 2. The fourth-order valence-corrected chi connectivity index (χ4v) is 5.08. The van der Waals surface area contributed by atoms with Crippen LogP contribution in [-0.4, -0.2) is 12.2 Å². The molecule has 0 heterocycles. The molecule has 1 aliphatic carbocycles. The molecule has 2 nitrogen and oxygen atoms in total. The number of rotatable bonds is 4. The molecule has 2 heteroatoms. The number of hydrogen-bond donors (Lipinski definition) is 1. The molecular formula is C24H32O2.